The normalized spacial score (nSPS) is 14.2. The Bertz CT molecular complexity index is 1230. The molecule has 1 heterocycles. The van der Waals surface area contributed by atoms with Crippen molar-refractivity contribution in [2.45, 2.75) is 45.8 Å². The molecule has 4 nitrogen and oxygen atoms in total. The van der Waals surface area contributed by atoms with Crippen LogP contribution in [0.15, 0.2) is 60.7 Å². The van der Waals surface area contributed by atoms with Crippen LogP contribution >= 0.6 is 23.2 Å². The zero-order valence-electron chi connectivity index (χ0n) is 19.0. The zero-order chi connectivity index (χ0) is 23.9. The molecular weight excluding hydrogens is 457 g/mol. The van der Waals surface area contributed by atoms with E-state index in [1.165, 1.54) is 0 Å². The lowest BCUT2D eigenvalue weighted by atomic mass is 10.0. The molecule has 4 rings (SSSR count). The maximum absolute atomic E-state index is 13.0. The average molecular weight is 482 g/mol. The molecule has 1 unspecified atom stereocenters. The van der Waals surface area contributed by atoms with E-state index in [1.807, 2.05) is 82.3 Å². The van der Waals surface area contributed by atoms with E-state index in [-0.39, 0.29) is 11.9 Å². The second-order valence-corrected chi connectivity index (χ2v) is 10.1. The summed E-state index contributed by atoms with van der Waals surface area (Å²) in [6, 6.07) is 18.8. The number of rotatable bonds is 4. The molecule has 3 aromatic rings. The molecule has 0 spiro atoms. The molecule has 0 N–H and O–H groups in total. The highest BCUT2D eigenvalue weighted by Crippen LogP contribution is 2.34. The maximum atomic E-state index is 13.0. The Balaban J connectivity index is 1.53. The van der Waals surface area contributed by atoms with Gasteiger partial charge in [-0.25, -0.2) is 0 Å². The number of nitrogens with zero attached hydrogens (tertiary/aromatic N) is 1. The van der Waals surface area contributed by atoms with Crippen molar-refractivity contribution in [2.75, 3.05) is 4.90 Å². The summed E-state index contributed by atoms with van der Waals surface area (Å²) in [4.78, 5) is 27.2. The summed E-state index contributed by atoms with van der Waals surface area (Å²) < 4.78 is 5.49. The Morgan fingerprint density at radius 2 is 1.58 bits per heavy atom. The molecule has 0 bridgehead atoms. The van der Waals surface area contributed by atoms with E-state index in [1.54, 1.807) is 11.0 Å². The Morgan fingerprint density at radius 1 is 0.939 bits per heavy atom. The van der Waals surface area contributed by atoms with Crippen LogP contribution in [-0.2, 0) is 16.1 Å². The fourth-order valence-corrected chi connectivity index (χ4v) is 4.15. The van der Waals surface area contributed by atoms with E-state index < -0.39 is 11.5 Å². The molecule has 0 radical (unpaired) electrons. The van der Waals surface area contributed by atoms with Crippen LogP contribution in [0.4, 0.5) is 5.69 Å². The monoisotopic (exact) mass is 481 g/mol. The summed E-state index contributed by atoms with van der Waals surface area (Å²) in [6.07, 6.45) is 0. The lowest BCUT2D eigenvalue weighted by Gasteiger charge is -2.23. The van der Waals surface area contributed by atoms with Gasteiger partial charge in [-0.3, -0.25) is 9.59 Å². The third kappa shape index (κ3) is 4.92. The summed E-state index contributed by atoms with van der Waals surface area (Å²) in [5, 5.41) is 1.00. The molecule has 1 atom stereocenters. The third-order valence-corrected chi connectivity index (χ3v) is 6.37. The number of carbonyl (C=O) groups is 2. The summed E-state index contributed by atoms with van der Waals surface area (Å²) >= 11 is 12.2. The topological polar surface area (TPSA) is 46.6 Å². The molecule has 170 valence electrons. The van der Waals surface area contributed by atoms with Gasteiger partial charge in [-0.05, 0) is 86.3 Å². The first-order valence-electron chi connectivity index (χ1n) is 10.8. The second kappa shape index (κ2) is 8.85. The number of amides is 1. The fraction of sp³-hybridized carbons (Fsp3) is 0.259. The smallest absolute Gasteiger partial charge is 0.313 e. The lowest BCUT2D eigenvalue weighted by Crippen LogP contribution is -2.27. The number of ether oxygens (including phenoxy) is 1. The molecule has 0 fully saturated rings. The Kier molecular flexibility index (Phi) is 6.26. The van der Waals surface area contributed by atoms with Crippen molar-refractivity contribution in [2.24, 2.45) is 0 Å². The molecule has 0 aliphatic carbocycles. The highest BCUT2D eigenvalue weighted by atomic mass is 35.5. The SMILES string of the molecule is CC(C(=O)OC(C)(C)C)c1ccc(N2Cc3cc(-c4ccc(Cl)c(Cl)c4)ccc3C2=O)cc1. The van der Waals surface area contributed by atoms with Gasteiger partial charge in [0.1, 0.15) is 5.60 Å². The largest absolute Gasteiger partial charge is 0.460 e. The summed E-state index contributed by atoms with van der Waals surface area (Å²) in [5.74, 6) is -0.702. The molecule has 0 aromatic heterocycles. The molecular formula is C27H25Cl2NO3. The zero-order valence-corrected chi connectivity index (χ0v) is 20.5. The van der Waals surface area contributed by atoms with Crippen LogP contribution in [0.2, 0.25) is 10.0 Å². The third-order valence-electron chi connectivity index (χ3n) is 5.63. The highest BCUT2D eigenvalue weighted by molar-refractivity contribution is 6.42. The van der Waals surface area contributed by atoms with Gasteiger partial charge in [-0.1, -0.05) is 47.5 Å². The Labute approximate surface area is 204 Å². The van der Waals surface area contributed by atoms with Crippen LogP contribution < -0.4 is 4.90 Å². The summed E-state index contributed by atoms with van der Waals surface area (Å²) in [6.45, 7) is 7.85. The van der Waals surface area contributed by atoms with E-state index in [0.29, 0.717) is 22.2 Å². The second-order valence-electron chi connectivity index (χ2n) is 9.24. The Morgan fingerprint density at radius 3 is 2.21 bits per heavy atom. The van der Waals surface area contributed by atoms with Crippen molar-refractivity contribution in [1.29, 1.82) is 0 Å². The molecule has 6 heteroatoms. The number of fused-ring (bicyclic) bond motifs is 1. The molecule has 0 saturated heterocycles. The number of carbonyl (C=O) groups excluding carboxylic acids is 2. The first kappa shape index (κ1) is 23.3. The van der Waals surface area contributed by atoms with E-state index >= 15 is 0 Å². The number of benzene rings is 3. The molecule has 3 aromatic carbocycles. The summed E-state index contributed by atoms with van der Waals surface area (Å²) in [7, 11) is 0. The molecule has 1 aliphatic heterocycles. The highest BCUT2D eigenvalue weighted by Gasteiger charge is 2.29. The number of halogens is 2. The molecule has 0 saturated carbocycles. The predicted octanol–water partition coefficient (Wildman–Crippen LogP) is 7.27. The van der Waals surface area contributed by atoms with Crippen molar-refractivity contribution in [3.05, 3.63) is 87.4 Å². The van der Waals surface area contributed by atoms with Crippen LogP contribution in [-0.4, -0.2) is 17.5 Å². The van der Waals surface area contributed by atoms with Crippen molar-refractivity contribution in [3.63, 3.8) is 0 Å². The predicted molar refractivity (Wildman–Crippen MR) is 133 cm³/mol. The van der Waals surface area contributed by atoms with Gasteiger partial charge in [0.15, 0.2) is 0 Å². The quantitative estimate of drug-likeness (QED) is 0.368. The number of anilines is 1. The van der Waals surface area contributed by atoms with Gasteiger partial charge < -0.3 is 9.64 Å². The number of esters is 1. The van der Waals surface area contributed by atoms with Gasteiger partial charge in [-0.15, -0.1) is 0 Å². The number of hydrogen-bond donors (Lipinski definition) is 0. The van der Waals surface area contributed by atoms with Crippen LogP contribution in [0.3, 0.4) is 0 Å². The number of hydrogen-bond acceptors (Lipinski definition) is 3. The molecule has 1 amide bonds. The maximum Gasteiger partial charge on any atom is 0.313 e. The average Bonchev–Trinajstić information content (AvgIpc) is 3.10. The van der Waals surface area contributed by atoms with Crippen LogP contribution in [0.25, 0.3) is 11.1 Å². The van der Waals surface area contributed by atoms with Crippen molar-refractivity contribution in [3.8, 4) is 11.1 Å². The lowest BCUT2D eigenvalue weighted by molar-refractivity contribution is -0.156. The van der Waals surface area contributed by atoms with Crippen LogP contribution in [0, 0.1) is 0 Å². The summed E-state index contributed by atoms with van der Waals surface area (Å²) in [5.41, 5.74) is 4.66. The first-order chi connectivity index (χ1) is 15.5. The van der Waals surface area contributed by atoms with Gasteiger partial charge in [-0.2, -0.15) is 0 Å². The minimum atomic E-state index is -0.533. The fourth-order valence-electron chi connectivity index (χ4n) is 3.85. The van der Waals surface area contributed by atoms with E-state index in [4.69, 9.17) is 27.9 Å². The van der Waals surface area contributed by atoms with Gasteiger partial charge in [0.2, 0.25) is 0 Å². The minimum absolute atomic E-state index is 0.0429. The van der Waals surface area contributed by atoms with Gasteiger partial charge >= 0.3 is 5.97 Å². The van der Waals surface area contributed by atoms with Gasteiger partial charge in [0.25, 0.3) is 5.91 Å². The Hall–Kier alpha value is -2.82. The van der Waals surface area contributed by atoms with Gasteiger partial charge in [0, 0.05) is 11.3 Å². The first-order valence-corrected chi connectivity index (χ1v) is 11.5. The van der Waals surface area contributed by atoms with Crippen LogP contribution in [0.5, 0.6) is 0 Å². The van der Waals surface area contributed by atoms with Crippen molar-refractivity contribution >= 4 is 40.8 Å². The van der Waals surface area contributed by atoms with E-state index in [2.05, 4.69) is 0 Å². The minimum Gasteiger partial charge on any atom is -0.460 e. The molecule has 1 aliphatic rings. The van der Waals surface area contributed by atoms with Crippen molar-refractivity contribution in [1.82, 2.24) is 0 Å². The van der Waals surface area contributed by atoms with Crippen molar-refractivity contribution < 1.29 is 14.3 Å². The molecule has 33 heavy (non-hydrogen) atoms. The van der Waals surface area contributed by atoms with E-state index in [9.17, 15) is 9.59 Å². The van der Waals surface area contributed by atoms with Crippen LogP contribution in [0.1, 0.15) is 55.1 Å². The van der Waals surface area contributed by atoms with E-state index in [0.717, 1.165) is 27.9 Å². The van der Waals surface area contributed by atoms with Gasteiger partial charge in [0.05, 0.1) is 22.5 Å². The standard InChI is InChI=1S/C27H25Cl2NO3/c1-16(26(32)33-27(2,3)4)17-5-9-21(10-6-17)30-15-20-13-18(7-11-22(20)25(30)31)19-8-12-23(28)24(29)14-19/h5-14,16H,15H2,1-4H3.